The zero-order chi connectivity index (χ0) is 14.7. The Morgan fingerprint density at radius 2 is 1.70 bits per heavy atom. The van der Waals surface area contributed by atoms with Gasteiger partial charge in [-0.25, -0.2) is 0 Å². The molecule has 0 amide bonds. The van der Waals surface area contributed by atoms with Gasteiger partial charge in [-0.15, -0.1) is 0 Å². The van der Waals surface area contributed by atoms with Gasteiger partial charge in [-0.05, 0) is 43.2 Å². The molecule has 0 fully saturated rings. The number of para-hydroxylation sites is 1. The molecular formula is C17H18O3. The van der Waals surface area contributed by atoms with Crippen LogP contribution in [-0.4, -0.2) is 20.0 Å². The van der Waals surface area contributed by atoms with Crippen molar-refractivity contribution in [1.82, 2.24) is 0 Å². The molecule has 3 nitrogen and oxygen atoms in total. The Bertz CT molecular complexity index is 645. The smallest absolute Gasteiger partial charge is 0.196 e. The van der Waals surface area contributed by atoms with E-state index in [1.165, 1.54) is 12.7 Å². The average Bonchev–Trinajstić information content (AvgIpc) is 2.48. The molecule has 0 atom stereocenters. The molecule has 104 valence electrons. The van der Waals surface area contributed by atoms with Crippen LogP contribution in [0.3, 0.4) is 0 Å². The van der Waals surface area contributed by atoms with Crippen molar-refractivity contribution in [2.75, 3.05) is 14.2 Å². The van der Waals surface area contributed by atoms with Crippen LogP contribution in [0.5, 0.6) is 11.5 Å². The third-order valence-corrected chi connectivity index (χ3v) is 3.42. The van der Waals surface area contributed by atoms with Gasteiger partial charge in [0.1, 0.15) is 0 Å². The molecule has 2 aromatic rings. The van der Waals surface area contributed by atoms with Crippen LogP contribution in [0.1, 0.15) is 27.0 Å². The Labute approximate surface area is 119 Å². The number of aryl methyl sites for hydroxylation is 2. The predicted molar refractivity (Wildman–Crippen MR) is 78.9 cm³/mol. The number of ether oxygens (including phenoxy) is 2. The Hall–Kier alpha value is -2.29. The quantitative estimate of drug-likeness (QED) is 0.797. The van der Waals surface area contributed by atoms with E-state index in [0.29, 0.717) is 22.6 Å². The van der Waals surface area contributed by atoms with E-state index in [1.807, 2.05) is 32.0 Å². The van der Waals surface area contributed by atoms with Crippen LogP contribution in [-0.2, 0) is 0 Å². The fraction of sp³-hybridized carbons (Fsp3) is 0.235. The topological polar surface area (TPSA) is 35.5 Å². The summed E-state index contributed by atoms with van der Waals surface area (Å²) in [5.74, 6) is 0.962. The summed E-state index contributed by atoms with van der Waals surface area (Å²) < 4.78 is 10.5. The van der Waals surface area contributed by atoms with Crippen molar-refractivity contribution in [3.05, 3.63) is 58.7 Å². The molecule has 0 aliphatic rings. The zero-order valence-electron chi connectivity index (χ0n) is 12.2. The van der Waals surface area contributed by atoms with Gasteiger partial charge in [0.05, 0.1) is 19.8 Å². The maximum atomic E-state index is 12.6. The second-order valence-corrected chi connectivity index (χ2v) is 4.67. The van der Waals surface area contributed by atoms with Crippen LogP contribution in [0.25, 0.3) is 0 Å². The number of hydrogen-bond acceptors (Lipinski definition) is 3. The molecule has 0 saturated carbocycles. The molecule has 2 aromatic carbocycles. The number of ketones is 1. The lowest BCUT2D eigenvalue weighted by atomic mass is 9.98. The Morgan fingerprint density at radius 1 is 0.950 bits per heavy atom. The number of methoxy groups -OCH3 is 2. The number of rotatable bonds is 4. The third kappa shape index (κ3) is 2.52. The van der Waals surface area contributed by atoms with E-state index in [0.717, 1.165) is 5.56 Å². The normalized spacial score (nSPS) is 10.2. The molecule has 0 aromatic heterocycles. The first kappa shape index (κ1) is 14.1. The lowest BCUT2D eigenvalue weighted by Crippen LogP contribution is -2.05. The minimum Gasteiger partial charge on any atom is -0.493 e. The first-order valence-corrected chi connectivity index (χ1v) is 6.41. The molecule has 0 spiro atoms. The number of carbonyl (C=O) groups excluding carboxylic acids is 1. The molecule has 3 heteroatoms. The lowest BCUT2D eigenvalue weighted by molar-refractivity contribution is 0.103. The monoisotopic (exact) mass is 270 g/mol. The van der Waals surface area contributed by atoms with Crippen LogP contribution in [0.15, 0.2) is 36.4 Å². The summed E-state index contributed by atoms with van der Waals surface area (Å²) in [5, 5.41) is 0. The summed E-state index contributed by atoms with van der Waals surface area (Å²) in [4.78, 5) is 12.6. The third-order valence-electron chi connectivity index (χ3n) is 3.42. The van der Waals surface area contributed by atoms with Gasteiger partial charge in [-0.2, -0.15) is 0 Å². The number of benzene rings is 2. The summed E-state index contributed by atoms with van der Waals surface area (Å²) >= 11 is 0. The SMILES string of the molecule is COc1cccc(C(=O)c2ccc(C)c(C)c2)c1OC. The highest BCUT2D eigenvalue weighted by Gasteiger charge is 2.18. The maximum absolute atomic E-state index is 12.6. The van der Waals surface area contributed by atoms with E-state index in [9.17, 15) is 4.79 Å². The molecule has 0 saturated heterocycles. The highest BCUT2D eigenvalue weighted by Crippen LogP contribution is 2.32. The van der Waals surface area contributed by atoms with Gasteiger partial charge in [0.2, 0.25) is 0 Å². The van der Waals surface area contributed by atoms with E-state index < -0.39 is 0 Å². The fourth-order valence-corrected chi connectivity index (χ4v) is 2.10. The second-order valence-electron chi connectivity index (χ2n) is 4.67. The largest absolute Gasteiger partial charge is 0.493 e. The standard InChI is InChI=1S/C17H18O3/c1-11-8-9-13(10-12(11)2)16(18)14-6-5-7-15(19-3)17(14)20-4/h5-10H,1-4H3. The molecule has 0 unspecified atom stereocenters. The van der Waals surface area contributed by atoms with Gasteiger partial charge in [-0.1, -0.05) is 18.2 Å². The Kier molecular flexibility index (Phi) is 4.08. The molecule has 0 aliphatic heterocycles. The van der Waals surface area contributed by atoms with Crippen molar-refractivity contribution in [2.45, 2.75) is 13.8 Å². The van der Waals surface area contributed by atoms with Crippen LogP contribution >= 0.6 is 0 Å². The summed E-state index contributed by atoms with van der Waals surface area (Å²) in [5.41, 5.74) is 3.42. The first-order chi connectivity index (χ1) is 9.58. The Balaban J connectivity index is 2.50. The summed E-state index contributed by atoms with van der Waals surface area (Å²) in [6, 6.07) is 11.0. The minimum atomic E-state index is -0.0659. The predicted octanol–water partition coefficient (Wildman–Crippen LogP) is 3.55. The minimum absolute atomic E-state index is 0.0659. The molecule has 20 heavy (non-hydrogen) atoms. The van der Waals surface area contributed by atoms with Crippen molar-refractivity contribution in [3.8, 4) is 11.5 Å². The van der Waals surface area contributed by atoms with Gasteiger partial charge in [-0.3, -0.25) is 4.79 Å². The van der Waals surface area contributed by atoms with E-state index in [-0.39, 0.29) is 5.78 Å². The fourth-order valence-electron chi connectivity index (χ4n) is 2.10. The zero-order valence-corrected chi connectivity index (χ0v) is 12.2. The van der Waals surface area contributed by atoms with Crippen LogP contribution < -0.4 is 9.47 Å². The van der Waals surface area contributed by atoms with Gasteiger partial charge < -0.3 is 9.47 Å². The number of hydrogen-bond donors (Lipinski definition) is 0. The molecule has 2 rings (SSSR count). The van der Waals surface area contributed by atoms with Gasteiger partial charge in [0, 0.05) is 5.56 Å². The summed E-state index contributed by atoms with van der Waals surface area (Å²) in [6.45, 7) is 4.02. The van der Waals surface area contributed by atoms with Crippen molar-refractivity contribution in [2.24, 2.45) is 0 Å². The van der Waals surface area contributed by atoms with Crippen LogP contribution in [0, 0.1) is 13.8 Å². The molecule has 0 heterocycles. The second kappa shape index (κ2) is 5.78. The highest BCUT2D eigenvalue weighted by atomic mass is 16.5. The van der Waals surface area contributed by atoms with E-state index in [4.69, 9.17) is 9.47 Å². The Morgan fingerprint density at radius 3 is 2.30 bits per heavy atom. The first-order valence-electron chi connectivity index (χ1n) is 6.41. The van der Waals surface area contributed by atoms with Gasteiger partial charge in [0.25, 0.3) is 0 Å². The summed E-state index contributed by atoms with van der Waals surface area (Å²) in [6.07, 6.45) is 0. The van der Waals surface area contributed by atoms with Crippen LogP contribution in [0.4, 0.5) is 0 Å². The van der Waals surface area contributed by atoms with Crippen molar-refractivity contribution >= 4 is 5.78 Å². The lowest BCUT2D eigenvalue weighted by Gasteiger charge is -2.12. The number of carbonyl (C=O) groups is 1. The maximum Gasteiger partial charge on any atom is 0.196 e. The van der Waals surface area contributed by atoms with Crippen molar-refractivity contribution in [1.29, 1.82) is 0 Å². The van der Waals surface area contributed by atoms with Crippen molar-refractivity contribution in [3.63, 3.8) is 0 Å². The van der Waals surface area contributed by atoms with Crippen LogP contribution in [0.2, 0.25) is 0 Å². The van der Waals surface area contributed by atoms with Gasteiger partial charge in [0.15, 0.2) is 17.3 Å². The summed E-state index contributed by atoms with van der Waals surface area (Å²) in [7, 11) is 3.09. The van der Waals surface area contributed by atoms with E-state index >= 15 is 0 Å². The molecule has 0 N–H and O–H groups in total. The molecule has 0 radical (unpaired) electrons. The average molecular weight is 270 g/mol. The molecule has 0 bridgehead atoms. The molecule has 0 aliphatic carbocycles. The molecular weight excluding hydrogens is 252 g/mol. The highest BCUT2D eigenvalue weighted by molar-refractivity contribution is 6.11. The van der Waals surface area contributed by atoms with Gasteiger partial charge >= 0.3 is 0 Å². The van der Waals surface area contributed by atoms with Crippen molar-refractivity contribution < 1.29 is 14.3 Å². The van der Waals surface area contributed by atoms with E-state index in [2.05, 4.69) is 0 Å². The van der Waals surface area contributed by atoms with E-state index in [1.54, 1.807) is 25.3 Å².